The lowest BCUT2D eigenvalue weighted by atomic mass is 10.1. The number of amides is 1. The smallest absolute Gasteiger partial charge is 0.253 e. The number of rotatable bonds is 8. The third kappa shape index (κ3) is 6.62. The topological polar surface area (TPSA) is 84.9 Å². The van der Waals surface area contributed by atoms with E-state index in [1.165, 1.54) is 30.2 Å². The second-order valence-corrected chi connectivity index (χ2v) is 9.84. The van der Waals surface area contributed by atoms with Gasteiger partial charge in [-0.05, 0) is 63.2 Å². The molecule has 0 aliphatic carbocycles. The molecular formula is C21H27ClN2O5S. The van der Waals surface area contributed by atoms with Crippen molar-refractivity contribution in [3.8, 4) is 11.5 Å². The van der Waals surface area contributed by atoms with Crippen LogP contribution >= 0.6 is 11.6 Å². The van der Waals surface area contributed by atoms with Crippen LogP contribution in [0.3, 0.4) is 0 Å². The highest BCUT2D eigenvalue weighted by molar-refractivity contribution is 7.89. The van der Waals surface area contributed by atoms with Crippen LogP contribution in [0, 0.1) is 0 Å². The molecular weight excluding hydrogens is 428 g/mol. The molecule has 1 N–H and O–H groups in total. The van der Waals surface area contributed by atoms with Gasteiger partial charge < -0.3 is 14.4 Å². The van der Waals surface area contributed by atoms with Crippen LogP contribution in [0.25, 0.3) is 0 Å². The van der Waals surface area contributed by atoms with Crippen molar-refractivity contribution in [2.75, 3.05) is 27.3 Å². The van der Waals surface area contributed by atoms with Crippen LogP contribution in [0.15, 0.2) is 47.4 Å². The van der Waals surface area contributed by atoms with Gasteiger partial charge in [0.15, 0.2) is 0 Å². The number of sulfonamides is 1. The first kappa shape index (κ1) is 24.0. The zero-order chi connectivity index (χ0) is 22.5. The van der Waals surface area contributed by atoms with Crippen LogP contribution in [0.5, 0.6) is 11.5 Å². The second kappa shape index (κ2) is 9.68. The maximum Gasteiger partial charge on any atom is 0.253 e. The fraction of sp³-hybridized carbons (Fsp3) is 0.381. The minimum Gasteiger partial charge on any atom is -0.495 e. The van der Waals surface area contributed by atoms with Gasteiger partial charge in [-0.25, -0.2) is 13.1 Å². The highest BCUT2D eigenvalue weighted by Gasteiger charge is 2.27. The van der Waals surface area contributed by atoms with Gasteiger partial charge in [-0.15, -0.1) is 0 Å². The Labute approximate surface area is 183 Å². The predicted octanol–water partition coefficient (Wildman–Crippen LogP) is 3.58. The Bertz CT molecular complexity index is 985. The number of benzene rings is 2. The van der Waals surface area contributed by atoms with E-state index >= 15 is 0 Å². The summed E-state index contributed by atoms with van der Waals surface area (Å²) in [6.07, 6.45) is 0. The second-order valence-electron chi connectivity index (χ2n) is 7.75. The summed E-state index contributed by atoms with van der Waals surface area (Å²) in [5.41, 5.74) is -0.446. The van der Waals surface area contributed by atoms with Gasteiger partial charge >= 0.3 is 0 Å². The molecule has 0 unspecified atom stereocenters. The molecule has 0 aromatic heterocycles. The molecule has 2 aromatic carbocycles. The highest BCUT2D eigenvalue weighted by atomic mass is 35.5. The molecule has 1 amide bonds. The summed E-state index contributed by atoms with van der Waals surface area (Å²) in [4.78, 5) is 14.2. The minimum atomic E-state index is -3.88. The summed E-state index contributed by atoms with van der Waals surface area (Å²) in [5, 5.41) is 0.612. The molecule has 0 atom stereocenters. The lowest BCUT2D eigenvalue weighted by molar-refractivity contribution is 0.0773. The lowest BCUT2D eigenvalue weighted by Crippen LogP contribution is -2.40. The average molecular weight is 455 g/mol. The minimum absolute atomic E-state index is 0.0865. The van der Waals surface area contributed by atoms with Gasteiger partial charge in [0.25, 0.3) is 5.91 Å². The lowest BCUT2D eigenvalue weighted by Gasteiger charge is -2.22. The quantitative estimate of drug-likeness (QED) is 0.659. The molecule has 0 saturated carbocycles. The molecule has 0 spiro atoms. The maximum atomic E-state index is 12.8. The van der Waals surface area contributed by atoms with E-state index in [0.29, 0.717) is 17.3 Å². The first-order valence-corrected chi connectivity index (χ1v) is 11.1. The molecule has 0 radical (unpaired) electrons. The predicted molar refractivity (Wildman–Crippen MR) is 117 cm³/mol. The number of methoxy groups -OCH3 is 1. The molecule has 164 valence electrons. The largest absolute Gasteiger partial charge is 0.495 e. The summed E-state index contributed by atoms with van der Waals surface area (Å²) in [5.74, 6) is 0.480. The molecule has 9 heteroatoms. The number of carbonyl (C=O) groups is 1. The normalized spacial score (nSPS) is 11.8. The van der Waals surface area contributed by atoms with Crippen molar-refractivity contribution < 1.29 is 22.7 Å². The van der Waals surface area contributed by atoms with Gasteiger partial charge in [-0.3, -0.25) is 4.79 Å². The molecule has 30 heavy (non-hydrogen) atoms. The Hall–Kier alpha value is -2.29. The van der Waals surface area contributed by atoms with Crippen LogP contribution in [0.2, 0.25) is 5.02 Å². The number of likely N-dealkylation sites (N-methyl/N-ethyl adjacent to an activating group) is 1. The standard InChI is InChI=1S/C21H27ClN2O5S/c1-21(2,3)23-30(26,27)19-14-15(6-11-18(19)28-5)20(25)24(4)12-13-29-17-9-7-16(22)8-10-17/h6-11,14,23H,12-13H2,1-5H3. The van der Waals surface area contributed by atoms with Crippen LogP contribution < -0.4 is 14.2 Å². The van der Waals surface area contributed by atoms with E-state index in [0.717, 1.165) is 0 Å². The van der Waals surface area contributed by atoms with Crippen molar-refractivity contribution in [2.24, 2.45) is 0 Å². The van der Waals surface area contributed by atoms with Crippen molar-refractivity contribution in [3.05, 3.63) is 53.1 Å². The number of nitrogens with zero attached hydrogens (tertiary/aromatic N) is 1. The molecule has 2 aromatic rings. The Kier molecular flexibility index (Phi) is 7.74. The molecule has 0 bridgehead atoms. The SMILES string of the molecule is COc1ccc(C(=O)N(C)CCOc2ccc(Cl)cc2)cc1S(=O)(=O)NC(C)(C)C. The van der Waals surface area contributed by atoms with Gasteiger partial charge in [-0.1, -0.05) is 11.6 Å². The summed E-state index contributed by atoms with van der Waals surface area (Å²) < 4.78 is 38.9. The van der Waals surface area contributed by atoms with Crippen molar-refractivity contribution in [1.29, 1.82) is 0 Å². The molecule has 0 saturated heterocycles. The zero-order valence-corrected chi connectivity index (χ0v) is 19.3. The molecule has 0 aliphatic rings. The number of nitrogens with one attached hydrogen (secondary N) is 1. The van der Waals surface area contributed by atoms with E-state index < -0.39 is 15.6 Å². The summed E-state index contributed by atoms with van der Waals surface area (Å²) in [6, 6.07) is 11.3. The van der Waals surface area contributed by atoms with Crippen LogP contribution in [-0.4, -0.2) is 52.1 Å². The number of ether oxygens (including phenoxy) is 2. The summed E-state index contributed by atoms with van der Waals surface area (Å²) in [7, 11) is -0.874. The van der Waals surface area contributed by atoms with Gasteiger partial charge in [0.05, 0.1) is 13.7 Å². The van der Waals surface area contributed by atoms with Crippen LogP contribution in [0.1, 0.15) is 31.1 Å². The first-order valence-electron chi connectivity index (χ1n) is 9.29. The summed E-state index contributed by atoms with van der Waals surface area (Å²) >= 11 is 5.84. The van der Waals surface area contributed by atoms with E-state index in [-0.39, 0.29) is 28.7 Å². The molecule has 0 heterocycles. The third-order valence-corrected chi connectivity index (χ3v) is 6.03. The average Bonchev–Trinajstić information content (AvgIpc) is 2.66. The van der Waals surface area contributed by atoms with Gasteiger partial charge in [0, 0.05) is 23.2 Å². The fourth-order valence-electron chi connectivity index (χ4n) is 2.63. The molecule has 2 rings (SSSR count). The van der Waals surface area contributed by atoms with Crippen LogP contribution in [-0.2, 0) is 10.0 Å². The summed E-state index contributed by atoms with van der Waals surface area (Å²) in [6.45, 7) is 5.80. The van der Waals surface area contributed by atoms with Crippen molar-refractivity contribution in [2.45, 2.75) is 31.2 Å². The van der Waals surface area contributed by atoms with Crippen molar-refractivity contribution >= 4 is 27.5 Å². The molecule has 7 nitrogen and oxygen atoms in total. The van der Waals surface area contributed by atoms with Crippen molar-refractivity contribution in [1.82, 2.24) is 9.62 Å². The monoisotopic (exact) mass is 454 g/mol. The Morgan fingerprint density at radius 2 is 1.77 bits per heavy atom. The fourth-order valence-corrected chi connectivity index (χ4v) is 4.37. The van der Waals surface area contributed by atoms with Gasteiger partial charge in [-0.2, -0.15) is 0 Å². The van der Waals surface area contributed by atoms with E-state index in [2.05, 4.69) is 4.72 Å². The maximum absolute atomic E-state index is 12.8. The van der Waals surface area contributed by atoms with E-state index in [1.807, 2.05) is 0 Å². The van der Waals surface area contributed by atoms with E-state index in [4.69, 9.17) is 21.1 Å². The Balaban J connectivity index is 2.13. The Morgan fingerprint density at radius 1 is 1.13 bits per heavy atom. The number of hydrogen-bond acceptors (Lipinski definition) is 5. The molecule has 0 aliphatic heterocycles. The number of halogens is 1. The van der Waals surface area contributed by atoms with Crippen LogP contribution in [0.4, 0.5) is 0 Å². The van der Waals surface area contributed by atoms with Gasteiger partial charge in [0.2, 0.25) is 10.0 Å². The Morgan fingerprint density at radius 3 is 2.33 bits per heavy atom. The number of hydrogen-bond donors (Lipinski definition) is 1. The van der Waals surface area contributed by atoms with Gasteiger partial charge in [0.1, 0.15) is 23.0 Å². The third-order valence-electron chi connectivity index (χ3n) is 4.00. The zero-order valence-electron chi connectivity index (χ0n) is 17.7. The highest BCUT2D eigenvalue weighted by Crippen LogP contribution is 2.26. The number of carbonyl (C=O) groups excluding carboxylic acids is 1. The first-order chi connectivity index (χ1) is 13.9. The van der Waals surface area contributed by atoms with E-state index in [1.54, 1.807) is 52.1 Å². The van der Waals surface area contributed by atoms with Crippen molar-refractivity contribution in [3.63, 3.8) is 0 Å². The molecule has 0 fully saturated rings. The van der Waals surface area contributed by atoms with E-state index in [9.17, 15) is 13.2 Å².